The van der Waals surface area contributed by atoms with Gasteiger partial charge in [-0.2, -0.15) is 16.9 Å². The van der Waals surface area contributed by atoms with Crippen molar-refractivity contribution < 1.29 is 8.42 Å². The van der Waals surface area contributed by atoms with Crippen molar-refractivity contribution in [2.24, 2.45) is 5.73 Å². The van der Waals surface area contributed by atoms with Crippen molar-refractivity contribution in [1.82, 2.24) is 14.5 Å². The van der Waals surface area contributed by atoms with E-state index in [0.29, 0.717) is 13.1 Å². The number of nitrogens with one attached hydrogen (secondary N) is 1. The minimum absolute atomic E-state index is 0.0339. The molecule has 1 aliphatic rings. The molecule has 1 aromatic heterocycles. The second-order valence-corrected chi connectivity index (χ2v) is 7.13. The number of hydrogen-bond acceptors (Lipinski definition) is 5. The fourth-order valence-electron chi connectivity index (χ4n) is 1.86. The highest BCUT2D eigenvalue weighted by Gasteiger charge is 2.23. The predicted octanol–water partition coefficient (Wildman–Crippen LogP) is 0.0157. The minimum atomic E-state index is -3.44. The molecule has 1 saturated heterocycles. The lowest BCUT2D eigenvalue weighted by Crippen LogP contribution is -2.38. The fourth-order valence-corrected chi connectivity index (χ4v) is 4.26. The van der Waals surface area contributed by atoms with Gasteiger partial charge in [0.2, 0.25) is 10.0 Å². The number of nitrogens with zero attached hydrogens (tertiary/aromatic N) is 2. The van der Waals surface area contributed by atoms with Crippen molar-refractivity contribution >= 4 is 21.8 Å². The number of sulfonamides is 1. The van der Waals surface area contributed by atoms with Gasteiger partial charge < -0.3 is 5.73 Å². The summed E-state index contributed by atoms with van der Waals surface area (Å²) in [6.07, 6.45) is 4.85. The number of rotatable bonds is 5. The summed E-state index contributed by atoms with van der Waals surface area (Å²) in [4.78, 5) is 0.214. The van der Waals surface area contributed by atoms with Crippen LogP contribution in [-0.4, -0.2) is 42.3 Å². The van der Waals surface area contributed by atoms with Crippen molar-refractivity contribution in [3.8, 4) is 0 Å². The van der Waals surface area contributed by atoms with Crippen LogP contribution in [0.2, 0.25) is 0 Å². The van der Waals surface area contributed by atoms with Gasteiger partial charge >= 0.3 is 0 Å². The molecule has 0 aromatic carbocycles. The van der Waals surface area contributed by atoms with Crippen LogP contribution in [0.5, 0.6) is 0 Å². The standard InChI is InChI=1S/C10H18N4O2S2/c11-3-4-14-7-10(6-12-14)18(15,16)13-9-2-1-5-17-8-9/h6-7,9,13H,1-5,8,11H2. The second kappa shape index (κ2) is 6.05. The van der Waals surface area contributed by atoms with Crippen LogP contribution in [0.1, 0.15) is 12.8 Å². The van der Waals surface area contributed by atoms with Gasteiger partial charge in [0.1, 0.15) is 4.90 Å². The molecule has 0 radical (unpaired) electrons. The number of nitrogens with two attached hydrogens (primary N) is 1. The molecular formula is C10H18N4O2S2. The highest BCUT2D eigenvalue weighted by atomic mass is 32.2. The Balaban J connectivity index is 2.04. The van der Waals surface area contributed by atoms with E-state index in [2.05, 4.69) is 9.82 Å². The van der Waals surface area contributed by atoms with E-state index in [-0.39, 0.29) is 10.9 Å². The molecule has 18 heavy (non-hydrogen) atoms. The number of aromatic nitrogens is 2. The first-order valence-corrected chi connectivity index (χ1v) is 8.58. The van der Waals surface area contributed by atoms with Crippen LogP contribution in [-0.2, 0) is 16.6 Å². The van der Waals surface area contributed by atoms with Gasteiger partial charge in [-0.1, -0.05) is 0 Å². The van der Waals surface area contributed by atoms with Gasteiger partial charge in [0, 0.05) is 24.5 Å². The average molecular weight is 290 g/mol. The van der Waals surface area contributed by atoms with Gasteiger partial charge in [0.05, 0.1) is 12.7 Å². The zero-order valence-electron chi connectivity index (χ0n) is 10.1. The first-order chi connectivity index (χ1) is 8.62. The Morgan fingerprint density at radius 2 is 2.44 bits per heavy atom. The summed E-state index contributed by atoms with van der Waals surface area (Å²) in [5.41, 5.74) is 5.40. The first-order valence-electron chi connectivity index (χ1n) is 5.94. The third-order valence-corrected chi connectivity index (χ3v) is 5.45. The molecule has 1 atom stereocenters. The first kappa shape index (κ1) is 13.9. The monoisotopic (exact) mass is 290 g/mol. The van der Waals surface area contributed by atoms with Gasteiger partial charge in [-0.15, -0.1) is 0 Å². The SMILES string of the molecule is NCCn1cc(S(=O)(=O)NC2CCCSC2)cn1. The van der Waals surface area contributed by atoms with Crippen molar-refractivity contribution in [2.75, 3.05) is 18.1 Å². The Morgan fingerprint density at radius 1 is 1.61 bits per heavy atom. The number of hydrogen-bond donors (Lipinski definition) is 2. The fraction of sp³-hybridized carbons (Fsp3) is 0.700. The van der Waals surface area contributed by atoms with E-state index in [4.69, 9.17) is 5.73 Å². The molecule has 1 aromatic rings. The van der Waals surface area contributed by atoms with Crippen LogP contribution in [0, 0.1) is 0 Å². The topological polar surface area (TPSA) is 90.0 Å². The molecule has 3 N–H and O–H groups in total. The average Bonchev–Trinajstić information content (AvgIpc) is 2.80. The summed E-state index contributed by atoms with van der Waals surface area (Å²) in [7, 11) is -3.44. The molecule has 8 heteroatoms. The van der Waals surface area contributed by atoms with Gasteiger partial charge in [-0.05, 0) is 18.6 Å². The molecule has 0 saturated carbocycles. The van der Waals surface area contributed by atoms with Crippen LogP contribution >= 0.6 is 11.8 Å². The molecule has 2 heterocycles. The Bertz CT molecular complexity index is 480. The maximum Gasteiger partial charge on any atom is 0.243 e. The van der Waals surface area contributed by atoms with E-state index in [0.717, 1.165) is 24.3 Å². The van der Waals surface area contributed by atoms with Crippen LogP contribution in [0.3, 0.4) is 0 Å². The van der Waals surface area contributed by atoms with E-state index in [1.54, 1.807) is 16.4 Å². The summed E-state index contributed by atoms with van der Waals surface area (Å²) in [5.74, 6) is 1.96. The molecule has 1 aliphatic heterocycles. The highest BCUT2D eigenvalue weighted by molar-refractivity contribution is 7.99. The lowest BCUT2D eigenvalue weighted by Gasteiger charge is -2.21. The molecule has 2 rings (SSSR count). The van der Waals surface area contributed by atoms with E-state index >= 15 is 0 Å². The molecule has 0 spiro atoms. The van der Waals surface area contributed by atoms with Crippen LogP contribution in [0.15, 0.2) is 17.3 Å². The lowest BCUT2D eigenvalue weighted by molar-refractivity contribution is 0.542. The van der Waals surface area contributed by atoms with E-state index in [1.807, 2.05) is 0 Å². The lowest BCUT2D eigenvalue weighted by atomic mass is 10.2. The van der Waals surface area contributed by atoms with E-state index in [1.165, 1.54) is 12.4 Å². The summed E-state index contributed by atoms with van der Waals surface area (Å²) in [5, 5.41) is 3.98. The zero-order chi connectivity index (χ0) is 13.0. The smallest absolute Gasteiger partial charge is 0.243 e. The van der Waals surface area contributed by atoms with Crippen molar-refractivity contribution in [3.05, 3.63) is 12.4 Å². The molecule has 0 bridgehead atoms. The van der Waals surface area contributed by atoms with Gasteiger partial charge in [-0.25, -0.2) is 13.1 Å². The molecule has 102 valence electrons. The molecule has 0 amide bonds. The normalized spacial score (nSPS) is 21.1. The quantitative estimate of drug-likeness (QED) is 0.797. The van der Waals surface area contributed by atoms with Crippen LogP contribution in [0.25, 0.3) is 0 Å². The van der Waals surface area contributed by atoms with Crippen molar-refractivity contribution in [1.29, 1.82) is 0 Å². The molecule has 1 unspecified atom stereocenters. The minimum Gasteiger partial charge on any atom is -0.329 e. The predicted molar refractivity (Wildman–Crippen MR) is 71.9 cm³/mol. The van der Waals surface area contributed by atoms with Gasteiger partial charge in [-0.3, -0.25) is 4.68 Å². The maximum atomic E-state index is 12.1. The molecule has 6 nitrogen and oxygen atoms in total. The van der Waals surface area contributed by atoms with Crippen LogP contribution in [0.4, 0.5) is 0 Å². The van der Waals surface area contributed by atoms with E-state index in [9.17, 15) is 8.42 Å². The van der Waals surface area contributed by atoms with Gasteiger partial charge in [0.25, 0.3) is 0 Å². The summed E-state index contributed by atoms with van der Waals surface area (Å²) < 4.78 is 28.5. The highest BCUT2D eigenvalue weighted by Crippen LogP contribution is 2.19. The Kier molecular flexibility index (Phi) is 4.66. The van der Waals surface area contributed by atoms with Crippen LogP contribution < -0.4 is 10.5 Å². The molecule has 0 aliphatic carbocycles. The van der Waals surface area contributed by atoms with E-state index < -0.39 is 10.0 Å². The number of thioether (sulfide) groups is 1. The Labute approximate surface area is 111 Å². The van der Waals surface area contributed by atoms with Crippen molar-refractivity contribution in [3.63, 3.8) is 0 Å². The third-order valence-electron chi connectivity index (χ3n) is 2.76. The Morgan fingerprint density at radius 3 is 3.11 bits per heavy atom. The summed E-state index contributed by atoms with van der Waals surface area (Å²) in [6, 6.07) is 0.0339. The maximum absolute atomic E-state index is 12.1. The third kappa shape index (κ3) is 3.47. The molecule has 1 fully saturated rings. The Hall–Kier alpha value is -0.570. The zero-order valence-corrected chi connectivity index (χ0v) is 11.7. The largest absolute Gasteiger partial charge is 0.329 e. The summed E-state index contributed by atoms with van der Waals surface area (Å²) >= 11 is 1.79. The summed E-state index contributed by atoms with van der Waals surface area (Å²) in [6.45, 7) is 0.961. The second-order valence-electron chi connectivity index (χ2n) is 4.26. The molecular weight excluding hydrogens is 272 g/mol. The van der Waals surface area contributed by atoms with Crippen molar-refractivity contribution in [2.45, 2.75) is 30.3 Å². The van der Waals surface area contributed by atoms with Gasteiger partial charge in [0.15, 0.2) is 0 Å².